The van der Waals surface area contributed by atoms with Gasteiger partial charge in [0.15, 0.2) is 5.17 Å². The van der Waals surface area contributed by atoms with E-state index in [4.69, 9.17) is 19.2 Å². The third kappa shape index (κ3) is 5.90. The van der Waals surface area contributed by atoms with Crippen LogP contribution in [0.1, 0.15) is 46.6 Å². The van der Waals surface area contributed by atoms with Crippen LogP contribution >= 0.6 is 11.8 Å². The summed E-state index contributed by atoms with van der Waals surface area (Å²) in [5.74, 6) is 0.188. The zero-order chi connectivity index (χ0) is 22.6. The van der Waals surface area contributed by atoms with E-state index in [9.17, 15) is 4.79 Å². The molecule has 5 atom stereocenters. The van der Waals surface area contributed by atoms with E-state index in [1.54, 1.807) is 6.08 Å². The highest BCUT2D eigenvalue weighted by Gasteiger charge is 2.49. The SMILES string of the molecule is C=CCN(C(=O)OC(C)(C)C)C1=N[C@@H]2C(OCc3ccccc3)[C@H](C)[C@@H](CC)O[C@@H]2S1. The minimum absolute atomic E-state index is 0.0819. The van der Waals surface area contributed by atoms with E-state index in [2.05, 4.69) is 32.6 Å². The summed E-state index contributed by atoms with van der Waals surface area (Å²) in [4.78, 5) is 19.2. The summed E-state index contributed by atoms with van der Waals surface area (Å²) in [7, 11) is 0. The van der Waals surface area contributed by atoms with Gasteiger partial charge in [-0.3, -0.25) is 9.89 Å². The summed E-state index contributed by atoms with van der Waals surface area (Å²) in [5, 5.41) is 0.599. The molecule has 1 aromatic carbocycles. The van der Waals surface area contributed by atoms with Crippen molar-refractivity contribution >= 4 is 23.0 Å². The Hall–Kier alpha value is -1.83. The second kappa shape index (κ2) is 10.2. The molecule has 2 aliphatic heterocycles. The van der Waals surface area contributed by atoms with E-state index in [1.165, 1.54) is 16.7 Å². The van der Waals surface area contributed by atoms with Gasteiger partial charge in [-0.05, 0) is 32.8 Å². The van der Waals surface area contributed by atoms with Gasteiger partial charge in [0.05, 0.1) is 18.8 Å². The molecule has 2 heterocycles. The molecule has 6 nitrogen and oxygen atoms in total. The number of carbonyl (C=O) groups is 1. The van der Waals surface area contributed by atoms with Gasteiger partial charge in [-0.25, -0.2) is 4.79 Å². The maximum Gasteiger partial charge on any atom is 0.416 e. The fourth-order valence-electron chi connectivity index (χ4n) is 3.84. The third-order valence-electron chi connectivity index (χ3n) is 5.35. The Bertz CT molecular complexity index is 793. The highest BCUT2D eigenvalue weighted by Crippen LogP contribution is 2.42. The largest absolute Gasteiger partial charge is 0.443 e. The number of fused-ring (bicyclic) bond motifs is 1. The van der Waals surface area contributed by atoms with Crippen molar-refractivity contribution in [2.75, 3.05) is 6.54 Å². The molecular formula is C24H34N2O4S. The third-order valence-corrected chi connectivity index (χ3v) is 6.51. The van der Waals surface area contributed by atoms with Gasteiger partial charge in [-0.2, -0.15) is 0 Å². The summed E-state index contributed by atoms with van der Waals surface area (Å²) < 4.78 is 18.3. The molecule has 0 spiro atoms. The van der Waals surface area contributed by atoms with E-state index in [-0.39, 0.29) is 29.6 Å². The van der Waals surface area contributed by atoms with Crippen LogP contribution in [0.25, 0.3) is 0 Å². The van der Waals surface area contributed by atoms with Crippen LogP contribution in [-0.2, 0) is 20.8 Å². The van der Waals surface area contributed by atoms with Crippen molar-refractivity contribution in [1.82, 2.24) is 4.90 Å². The highest BCUT2D eigenvalue weighted by molar-refractivity contribution is 8.14. The fraction of sp³-hybridized carbons (Fsp3) is 0.583. The topological polar surface area (TPSA) is 60.4 Å². The molecule has 170 valence electrons. The number of amides is 1. The van der Waals surface area contributed by atoms with Crippen molar-refractivity contribution in [2.24, 2.45) is 10.9 Å². The Balaban J connectivity index is 1.81. The van der Waals surface area contributed by atoms with Gasteiger partial charge in [-0.1, -0.05) is 62.0 Å². The second-order valence-electron chi connectivity index (χ2n) is 8.97. The molecule has 2 aliphatic rings. The van der Waals surface area contributed by atoms with E-state index in [0.29, 0.717) is 18.3 Å². The number of carbonyl (C=O) groups excluding carboxylic acids is 1. The number of benzene rings is 1. The minimum Gasteiger partial charge on any atom is -0.443 e. The molecule has 7 heteroatoms. The Labute approximate surface area is 190 Å². The van der Waals surface area contributed by atoms with Crippen LogP contribution in [0.4, 0.5) is 4.79 Å². The van der Waals surface area contributed by atoms with Gasteiger partial charge < -0.3 is 14.2 Å². The molecular weight excluding hydrogens is 412 g/mol. The van der Waals surface area contributed by atoms with Crippen molar-refractivity contribution in [1.29, 1.82) is 0 Å². The first kappa shape index (κ1) is 23.8. The number of rotatable bonds is 6. The Morgan fingerprint density at radius 1 is 1.32 bits per heavy atom. The normalized spacial score (nSPS) is 27.9. The molecule has 0 N–H and O–H groups in total. The Morgan fingerprint density at radius 2 is 2.03 bits per heavy atom. The van der Waals surface area contributed by atoms with Crippen molar-refractivity contribution < 1.29 is 19.0 Å². The first-order valence-corrected chi connectivity index (χ1v) is 11.8. The number of ether oxygens (including phenoxy) is 3. The van der Waals surface area contributed by atoms with Gasteiger partial charge in [0.25, 0.3) is 0 Å². The second-order valence-corrected chi connectivity index (χ2v) is 10.0. The van der Waals surface area contributed by atoms with Crippen LogP contribution in [0, 0.1) is 5.92 Å². The standard InChI is InChI=1S/C24H34N2O4S/c1-7-14-26(23(27)30-24(4,5)6)22-25-19-20(28-15-17-12-10-9-11-13-17)16(3)18(8-2)29-21(19)31-22/h7,9-13,16,18-21H,1,8,14-15H2,2-6H3/t16-,18-,19-,20?,21-/m1/s1. The molecule has 0 saturated carbocycles. The average Bonchev–Trinajstić information content (AvgIpc) is 3.13. The quantitative estimate of drug-likeness (QED) is 0.560. The summed E-state index contributed by atoms with van der Waals surface area (Å²) in [6.45, 7) is 14.5. The molecule has 1 saturated heterocycles. The lowest BCUT2D eigenvalue weighted by Crippen LogP contribution is -2.51. The molecule has 3 rings (SSSR count). The van der Waals surface area contributed by atoms with Crippen LogP contribution in [-0.4, -0.2) is 52.0 Å². The fourth-order valence-corrected chi connectivity index (χ4v) is 5.06. The minimum atomic E-state index is -0.591. The Morgan fingerprint density at radius 3 is 2.65 bits per heavy atom. The summed E-state index contributed by atoms with van der Waals surface area (Å²) in [6.07, 6.45) is 2.13. The number of thioether (sulfide) groups is 1. The van der Waals surface area contributed by atoms with Crippen molar-refractivity contribution in [3.8, 4) is 0 Å². The zero-order valence-corrected chi connectivity index (χ0v) is 19.9. The zero-order valence-electron chi connectivity index (χ0n) is 19.1. The number of hydrogen-bond acceptors (Lipinski definition) is 6. The molecule has 0 radical (unpaired) electrons. The predicted molar refractivity (Wildman–Crippen MR) is 125 cm³/mol. The maximum atomic E-state index is 12.8. The van der Waals surface area contributed by atoms with Crippen LogP contribution in [0.2, 0.25) is 0 Å². The van der Waals surface area contributed by atoms with E-state index in [1.807, 2.05) is 39.0 Å². The number of amidine groups is 1. The first-order chi connectivity index (χ1) is 14.7. The van der Waals surface area contributed by atoms with Gasteiger partial charge >= 0.3 is 6.09 Å². The number of hydrogen-bond donors (Lipinski definition) is 0. The molecule has 0 aliphatic carbocycles. The summed E-state index contributed by atoms with van der Waals surface area (Å²) >= 11 is 1.47. The lowest BCUT2D eigenvalue weighted by atomic mass is 9.88. The molecule has 1 aromatic rings. The maximum absolute atomic E-state index is 12.8. The Kier molecular flexibility index (Phi) is 7.83. The average molecular weight is 447 g/mol. The van der Waals surface area contributed by atoms with E-state index < -0.39 is 11.7 Å². The summed E-state index contributed by atoms with van der Waals surface area (Å²) in [5.41, 5.74) is 0.349. The van der Waals surface area contributed by atoms with Crippen LogP contribution in [0.15, 0.2) is 48.0 Å². The highest BCUT2D eigenvalue weighted by atomic mass is 32.2. The van der Waals surface area contributed by atoms with Crippen LogP contribution in [0.5, 0.6) is 0 Å². The molecule has 31 heavy (non-hydrogen) atoms. The monoisotopic (exact) mass is 446 g/mol. The lowest BCUT2D eigenvalue weighted by molar-refractivity contribution is -0.137. The van der Waals surface area contributed by atoms with Gasteiger partial charge in [-0.15, -0.1) is 6.58 Å². The number of aliphatic imine (C=N–C) groups is 1. The van der Waals surface area contributed by atoms with Crippen molar-refractivity contribution in [3.05, 3.63) is 48.6 Å². The molecule has 1 unspecified atom stereocenters. The summed E-state index contributed by atoms with van der Waals surface area (Å²) in [6, 6.07) is 9.96. The smallest absolute Gasteiger partial charge is 0.416 e. The van der Waals surface area contributed by atoms with E-state index in [0.717, 1.165) is 12.0 Å². The van der Waals surface area contributed by atoms with Crippen LogP contribution < -0.4 is 0 Å². The van der Waals surface area contributed by atoms with Crippen molar-refractivity contribution in [3.63, 3.8) is 0 Å². The van der Waals surface area contributed by atoms with Gasteiger partial charge in [0.1, 0.15) is 17.1 Å². The van der Waals surface area contributed by atoms with Gasteiger partial charge in [0, 0.05) is 12.5 Å². The first-order valence-electron chi connectivity index (χ1n) is 10.9. The van der Waals surface area contributed by atoms with Gasteiger partial charge in [0.2, 0.25) is 0 Å². The predicted octanol–water partition coefficient (Wildman–Crippen LogP) is 5.24. The molecule has 1 fully saturated rings. The van der Waals surface area contributed by atoms with E-state index >= 15 is 0 Å². The number of nitrogens with zero attached hydrogens (tertiary/aromatic N) is 2. The molecule has 0 bridgehead atoms. The molecule has 1 amide bonds. The van der Waals surface area contributed by atoms with Crippen molar-refractivity contribution in [2.45, 2.75) is 76.9 Å². The lowest BCUT2D eigenvalue weighted by Gasteiger charge is -2.41. The molecule has 0 aromatic heterocycles. The van der Waals surface area contributed by atoms with Crippen LogP contribution in [0.3, 0.4) is 0 Å².